The van der Waals surface area contributed by atoms with Gasteiger partial charge >= 0.3 is 0 Å². The van der Waals surface area contributed by atoms with Gasteiger partial charge in [-0.2, -0.15) is 0 Å². The first-order chi connectivity index (χ1) is 7.31. The molecular weight excluding hydrogens is 186 g/mol. The van der Waals surface area contributed by atoms with Crippen LogP contribution in [0.2, 0.25) is 0 Å². The Balaban J connectivity index is 2.02. The molecule has 0 radical (unpaired) electrons. The van der Waals surface area contributed by atoms with Gasteiger partial charge in [-0.25, -0.2) is 0 Å². The molecule has 1 aliphatic carbocycles. The van der Waals surface area contributed by atoms with Gasteiger partial charge in [0, 0.05) is 13.2 Å². The van der Waals surface area contributed by atoms with E-state index >= 15 is 0 Å². The van der Waals surface area contributed by atoms with Crippen molar-refractivity contribution in [2.75, 3.05) is 7.11 Å². The highest BCUT2D eigenvalue weighted by atomic mass is 16.5. The Labute approximate surface area is 91.4 Å². The maximum absolute atomic E-state index is 6.19. The van der Waals surface area contributed by atoms with E-state index in [9.17, 15) is 0 Å². The first kappa shape index (κ1) is 10.7. The highest BCUT2D eigenvalue weighted by molar-refractivity contribution is 5.25. The third-order valence-electron chi connectivity index (χ3n) is 3.33. The minimum atomic E-state index is 0.232. The number of nitrogens with two attached hydrogens (primary N) is 1. The number of methoxy groups -OCH3 is 1. The number of hydrogen-bond acceptors (Lipinski definition) is 2. The highest BCUT2D eigenvalue weighted by Gasteiger charge is 2.25. The molecule has 0 amide bonds. The summed E-state index contributed by atoms with van der Waals surface area (Å²) < 4.78 is 5.08. The normalized spacial score (nSPS) is 18.5. The Kier molecular flexibility index (Phi) is 3.39. The van der Waals surface area contributed by atoms with Crippen molar-refractivity contribution in [2.24, 2.45) is 11.7 Å². The molecule has 0 aliphatic heterocycles. The Morgan fingerprint density at radius 2 is 2.00 bits per heavy atom. The zero-order valence-electron chi connectivity index (χ0n) is 9.28. The molecule has 2 rings (SSSR count). The lowest BCUT2D eigenvalue weighted by Crippen LogP contribution is -2.26. The zero-order valence-corrected chi connectivity index (χ0v) is 9.28. The van der Waals surface area contributed by atoms with Gasteiger partial charge in [-0.05, 0) is 29.9 Å². The van der Waals surface area contributed by atoms with E-state index in [1.807, 2.05) is 0 Å². The van der Waals surface area contributed by atoms with Crippen LogP contribution in [-0.2, 0) is 11.3 Å². The van der Waals surface area contributed by atoms with Crippen LogP contribution in [0.3, 0.4) is 0 Å². The molecule has 0 aromatic heterocycles. The maximum atomic E-state index is 6.19. The molecule has 15 heavy (non-hydrogen) atoms. The van der Waals surface area contributed by atoms with Crippen molar-refractivity contribution < 1.29 is 4.74 Å². The molecule has 1 fully saturated rings. The summed E-state index contributed by atoms with van der Waals surface area (Å²) in [6.07, 6.45) is 3.93. The summed E-state index contributed by atoms with van der Waals surface area (Å²) in [7, 11) is 1.72. The van der Waals surface area contributed by atoms with Gasteiger partial charge in [0.25, 0.3) is 0 Å². The minimum absolute atomic E-state index is 0.232. The van der Waals surface area contributed by atoms with Crippen LogP contribution < -0.4 is 5.73 Å². The summed E-state index contributed by atoms with van der Waals surface area (Å²) in [6.45, 7) is 0.680. The Morgan fingerprint density at radius 1 is 1.33 bits per heavy atom. The molecule has 1 aromatic rings. The third-order valence-corrected chi connectivity index (χ3v) is 3.33. The molecule has 2 heteroatoms. The number of rotatable bonds is 4. The summed E-state index contributed by atoms with van der Waals surface area (Å²) in [5, 5.41) is 0. The van der Waals surface area contributed by atoms with E-state index in [1.54, 1.807) is 7.11 Å². The summed E-state index contributed by atoms with van der Waals surface area (Å²) in [5.74, 6) is 0.707. The molecule has 1 atom stereocenters. The molecular formula is C13H19NO. The van der Waals surface area contributed by atoms with Crippen LogP contribution in [0.25, 0.3) is 0 Å². The van der Waals surface area contributed by atoms with Crippen molar-refractivity contribution in [3.05, 3.63) is 35.4 Å². The second kappa shape index (κ2) is 4.77. The number of ether oxygens (including phenoxy) is 1. The minimum Gasteiger partial charge on any atom is -0.380 e. The molecule has 0 heterocycles. The molecule has 1 aromatic carbocycles. The second-order valence-corrected chi connectivity index (χ2v) is 4.39. The molecule has 0 saturated heterocycles. The molecule has 0 bridgehead atoms. The van der Waals surface area contributed by atoms with Gasteiger partial charge in [0.05, 0.1) is 6.61 Å². The maximum Gasteiger partial charge on any atom is 0.0713 e. The number of hydrogen-bond donors (Lipinski definition) is 1. The molecule has 1 saturated carbocycles. The monoisotopic (exact) mass is 205 g/mol. The fourth-order valence-corrected chi connectivity index (χ4v) is 2.07. The van der Waals surface area contributed by atoms with Crippen molar-refractivity contribution in [1.29, 1.82) is 0 Å². The van der Waals surface area contributed by atoms with E-state index in [-0.39, 0.29) is 6.04 Å². The summed E-state index contributed by atoms with van der Waals surface area (Å²) in [5.41, 5.74) is 8.67. The topological polar surface area (TPSA) is 35.2 Å². The van der Waals surface area contributed by atoms with E-state index in [0.29, 0.717) is 12.5 Å². The van der Waals surface area contributed by atoms with Crippen LogP contribution in [0.15, 0.2) is 24.3 Å². The second-order valence-electron chi connectivity index (χ2n) is 4.39. The fraction of sp³-hybridized carbons (Fsp3) is 0.538. The van der Waals surface area contributed by atoms with Crippen molar-refractivity contribution in [3.63, 3.8) is 0 Å². The van der Waals surface area contributed by atoms with E-state index in [2.05, 4.69) is 24.3 Å². The smallest absolute Gasteiger partial charge is 0.0713 e. The van der Waals surface area contributed by atoms with E-state index in [0.717, 1.165) is 0 Å². The summed E-state index contributed by atoms with van der Waals surface area (Å²) in [6, 6.07) is 8.72. The van der Waals surface area contributed by atoms with Gasteiger partial charge in [0.1, 0.15) is 0 Å². The average Bonchev–Trinajstić information content (AvgIpc) is 2.16. The highest BCUT2D eigenvalue weighted by Crippen LogP contribution is 2.36. The largest absolute Gasteiger partial charge is 0.380 e. The lowest BCUT2D eigenvalue weighted by Gasteiger charge is -2.31. The lowest BCUT2D eigenvalue weighted by molar-refractivity contribution is 0.185. The van der Waals surface area contributed by atoms with Gasteiger partial charge in [0.2, 0.25) is 0 Å². The first-order valence-corrected chi connectivity index (χ1v) is 5.64. The number of benzene rings is 1. The van der Waals surface area contributed by atoms with Gasteiger partial charge in [-0.15, -0.1) is 0 Å². The van der Waals surface area contributed by atoms with Crippen LogP contribution in [0, 0.1) is 5.92 Å². The van der Waals surface area contributed by atoms with Gasteiger partial charge < -0.3 is 10.5 Å². The standard InChI is InChI=1S/C13H19NO/c1-15-9-10-5-7-12(8-6-10)13(14)11-3-2-4-11/h5-8,11,13H,2-4,9,14H2,1H3. The fourth-order valence-electron chi connectivity index (χ4n) is 2.07. The van der Waals surface area contributed by atoms with Gasteiger partial charge in [-0.1, -0.05) is 30.7 Å². The Morgan fingerprint density at radius 3 is 2.47 bits per heavy atom. The van der Waals surface area contributed by atoms with Crippen LogP contribution >= 0.6 is 0 Å². The van der Waals surface area contributed by atoms with Gasteiger partial charge in [0.15, 0.2) is 0 Å². The van der Waals surface area contributed by atoms with Crippen molar-refractivity contribution >= 4 is 0 Å². The SMILES string of the molecule is COCc1ccc(C(N)C2CCC2)cc1. The van der Waals surface area contributed by atoms with E-state index in [4.69, 9.17) is 10.5 Å². The van der Waals surface area contributed by atoms with E-state index < -0.39 is 0 Å². The lowest BCUT2D eigenvalue weighted by atomic mass is 9.77. The first-order valence-electron chi connectivity index (χ1n) is 5.64. The van der Waals surface area contributed by atoms with Crippen molar-refractivity contribution in [1.82, 2.24) is 0 Å². The molecule has 0 spiro atoms. The summed E-state index contributed by atoms with van der Waals surface area (Å²) >= 11 is 0. The average molecular weight is 205 g/mol. The predicted molar refractivity (Wildman–Crippen MR) is 61.4 cm³/mol. The van der Waals surface area contributed by atoms with Crippen LogP contribution in [0.1, 0.15) is 36.4 Å². The van der Waals surface area contributed by atoms with Crippen LogP contribution in [-0.4, -0.2) is 7.11 Å². The molecule has 1 aliphatic rings. The van der Waals surface area contributed by atoms with Crippen LogP contribution in [0.4, 0.5) is 0 Å². The van der Waals surface area contributed by atoms with Crippen LogP contribution in [0.5, 0.6) is 0 Å². The molecule has 82 valence electrons. The Bertz CT molecular complexity index is 303. The van der Waals surface area contributed by atoms with E-state index in [1.165, 1.54) is 30.4 Å². The molecule has 2 nitrogen and oxygen atoms in total. The van der Waals surface area contributed by atoms with Crippen molar-refractivity contribution in [2.45, 2.75) is 31.9 Å². The zero-order chi connectivity index (χ0) is 10.7. The Hall–Kier alpha value is -0.860. The van der Waals surface area contributed by atoms with Crippen molar-refractivity contribution in [3.8, 4) is 0 Å². The third kappa shape index (κ3) is 2.39. The molecule has 2 N–H and O–H groups in total. The predicted octanol–water partition coefficient (Wildman–Crippen LogP) is 2.63. The quantitative estimate of drug-likeness (QED) is 0.820. The molecule has 1 unspecified atom stereocenters. The summed E-state index contributed by atoms with van der Waals surface area (Å²) in [4.78, 5) is 0. The van der Waals surface area contributed by atoms with Gasteiger partial charge in [-0.3, -0.25) is 0 Å².